The Bertz CT molecular complexity index is 912. The lowest BCUT2D eigenvalue weighted by Gasteiger charge is -1.99. The molecule has 25 heavy (non-hydrogen) atoms. The molecule has 3 aromatic heterocycles. The molecule has 124 valence electrons. The van der Waals surface area contributed by atoms with Crippen LogP contribution >= 0.6 is 0 Å². The first-order valence-electron chi connectivity index (χ1n) is 8.15. The van der Waals surface area contributed by atoms with Crippen molar-refractivity contribution >= 4 is 0 Å². The second kappa shape index (κ2) is 6.81. The van der Waals surface area contributed by atoms with Crippen molar-refractivity contribution in [2.24, 2.45) is 0 Å². The first-order valence-corrected chi connectivity index (χ1v) is 8.15. The summed E-state index contributed by atoms with van der Waals surface area (Å²) in [7, 11) is 0. The minimum atomic E-state index is -0.768. The number of hydrogen-bond donors (Lipinski definition) is 0. The lowest BCUT2D eigenvalue weighted by molar-refractivity contribution is 0.320. The Labute approximate surface area is 144 Å². The van der Waals surface area contributed by atoms with Crippen LogP contribution in [0.5, 0.6) is 0 Å². The molecule has 0 bridgehead atoms. The van der Waals surface area contributed by atoms with Gasteiger partial charge in [-0.1, -0.05) is 17.1 Å². The van der Waals surface area contributed by atoms with Crippen molar-refractivity contribution in [2.45, 2.75) is 31.4 Å². The molecule has 0 N–H and O–H groups in total. The van der Waals surface area contributed by atoms with Crippen LogP contribution in [0.2, 0.25) is 0 Å². The van der Waals surface area contributed by atoms with Crippen LogP contribution in [0.1, 0.15) is 42.3 Å². The third kappa shape index (κ3) is 3.56. The topological polar surface area (TPSA) is 64.7 Å². The van der Waals surface area contributed by atoms with Gasteiger partial charge in [0.15, 0.2) is 0 Å². The van der Waals surface area contributed by atoms with Gasteiger partial charge in [0.2, 0.25) is 11.7 Å². The molecule has 0 aromatic carbocycles. The molecule has 2 atom stereocenters. The predicted molar refractivity (Wildman–Crippen MR) is 89.2 cm³/mol. The molecule has 1 fully saturated rings. The molecular weight excluding hydrogens is 319 g/mol. The Morgan fingerprint density at radius 2 is 2.04 bits per heavy atom. The van der Waals surface area contributed by atoms with Crippen LogP contribution in [-0.2, 0) is 0 Å². The summed E-state index contributed by atoms with van der Waals surface area (Å²) in [5, 5.41) is 3.96. The maximum absolute atomic E-state index is 13.3. The monoisotopic (exact) mass is 334 g/mol. The SMILES string of the molecule is F[C@@H]1CC[C@@H](c2nc(-c3ccc(C#Cc4ccccn4)cn3)no2)C1. The van der Waals surface area contributed by atoms with Gasteiger partial charge >= 0.3 is 0 Å². The molecule has 0 saturated heterocycles. The molecule has 0 amide bonds. The van der Waals surface area contributed by atoms with Crippen LogP contribution in [0.15, 0.2) is 47.2 Å². The van der Waals surface area contributed by atoms with E-state index < -0.39 is 6.17 Å². The highest BCUT2D eigenvalue weighted by Gasteiger charge is 2.30. The molecule has 0 spiro atoms. The molecule has 3 heterocycles. The van der Waals surface area contributed by atoms with Crippen molar-refractivity contribution in [3.63, 3.8) is 0 Å². The zero-order valence-corrected chi connectivity index (χ0v) is 13.4. The van der Waals surface area contributed by atoms with Crippen LogP contribution in [0.4, 0.5) is 4.39 Å². The molecule has 1 aliphatic carbocycles. The second-order valence-electron chi connectivity index (χ2n) is 5.96. The average Bonchev–Trinajstić information content (AvgIpc) is 3.30. The molecule has 4 rings (SSSR count). The molecule has 1 aliphatic rings. The van der Waals surface area contributed by atoms with Crippen molar-refractivity contribution in [1.29, 1.82) is 0 Å². The van der Waals surface area contributed by atoms with E-state index in [1.54, 1.807) is 18.5 Å². The summed E-state index contributed by atoms with van der Waals surface area (Å²) in [4.78, 5) is 12.9. The van der Waals surface area contributed by atoms with Crippen LogP contribution in [0, 0.1) is 11.8 Å². The fourth-order valence-electron chi connectivity index (χ4n) is 2.83. The Morgan fingerprint density at radius 3 is 2.76 bits per heavy atom. The Hall–Kier alpha value is -3.07. The normalized spacial score (nSPS) is 19.4. The third-order valence-corrected chi connectivity index (χ3v) is 4.15. The van der Waals surface area contributed by atoms with Crippen LogP contribution in [0.25, 0.3) is 11.5 Å². The van der Waals surface area contributed by atoms with Gasteiger partial charge in [-0.25, -0.2) is 9.37 Å². The van der Waals surface area contributed by atoms with E-state index in [0.717, 1.165) is 12.0 Å². The molecular formula is C19H15FN4O. The number of alkyl halides is 1. The minimum absolute atomic E-state index is 0.0137. The first kappa shape index (κ1) is 15.5. The van der Waals surface area contributed by atoms with Gasteiger partial charge in [-0.05, 0) is 49.4 Å². The Balaban J connectivity index is 1.49. The zero-order chi connectivity index (χ0) is 17.1. The molecule has 0 unspecified atom stereocenters. The molecule has 6 heteroatoms. The summed E-state index contributed by atoms with van der Waals surface area (Å²) in [5.41, 5.74) is 2.08. The van der Waals surface area contributed by atoms with Crippen molar-refractivity contribution in [3.8, 4) is 23.4 Å². The van der Waals surface area contributed by atoms with Crippen LogP contribution in [-0.4, -0.2) is 26.3 Å². The quantitative estimate of drug-likeness (QED) is 0.671. The van der Waals surface area contributed by atoms with Gasteiger partial charge in [0.25, 0.3) is 0 Å². The van der Waals surface area contributed by atoms with Crippen LogP contribution in [0.3, 0.4) is 0 Å². The molecule has 0 aliphatic heterocycles. The van der Waals surface area contributed by atoms with Crippen molar-refractivity contribution in [2.75, 3.05) is 0 Å². The van der Waals surface area contributed by atoms with E-state index in [4.69, 9.17) is 4.52 Å². The van der Waals surface area contributed by atoms with Gasteiger partial charge in [0, 0.05) is 23.9 Å². The average molecular weight is 334 g/mol. The summed E-state index contributed by atoms with van der Waals surface area (Å²) < 4.78 is 18.6. The Kier molecular flexibility index (Phi) is 4.21. The van der Waals surface area contributed by atoms with E-state index in [9.17, 15) is 4.39 Å². The molecule has 0 radical (unpaired) electrons. The first-order chi connectivity index (χ1) is 12.3. The van der Waals surface area contributed by atoms with Gasteiger partial charge in [-0.15, -0.1) is 0 Å². The van der Waals surface area contributed by atoms with E-state index >= 15 is 0 Å². The third-order valence-electron chi connectivity index (χ3n) is 4.15. The number of hydrogen-bond acceptors (Lipinski definition) is 5. The lowest BCUT2D eigenvalue weighted by atomic mass is 10.1. The second-order valence-corrected chi connectivity index (χ2v) is 5.96. The number of rotatable bonds is 2. The molecule has 3 aromatic rings. The van der Waals surface area contributed by atoms with E-state index in [-0.39, 0.29) is 5.92 Å². The Morgan fingerprint density at radius 1 is 1.08 bits per heavy atom. The number of halogens is 1. The summed E-state index contributed by atoms with van der Waals surface area (Å²) in [6.07, 6.45) is 4.36. The van der Waals surface area contributed by atoms with E-state index in [0.29, 0.717) is 35.9 Å². The van der Waals surface area contributed by atoms with Gasteiger partial charge in [0.05, 0.1) is 0 Å². The lowest BCUT2D eigenvalue weighted by Crippen LogP contribution is -1.95. The van der Waals surface area contributed by atoms with Gasteiger partial charge < -0.3 is 4.52 Å². The van der Waals surface area contributed by atoms with Gasteiger partial charge in [-0.3, -0.25) is 4.98 Å². The van der Waals surface area contributed by atoms with Crippen molar-refractivity contribution < 1.29 is 8.91 Å². The maximum atomic E-state index is 13.3. The summed E-state index contributed by atoms with van der Waals surface area (Å²) in [5.74, 6) is 6.92. The molecule has 5 nitrogen and oxygen atoms in total. The van der Waals surface area contributed by atoms with Crippen molar-refractivity contribution in [1.82, 2.24) is 20.1 Å². The smallest absolute Gasteiger partial charge is 0.230 e. The summed E-state index contributed by atoms with van der Waals surface area (Å²) in [6, 6.07) is 9.23. The maximum Gasteiger partial charge on any atom is 0.230 e. The van der Waals surface area contributed by atoms with Crippen molar-refractivity contribution in [3.05, 3.63) is 59.9 Å². The summed E-state index contributed by atoms with van der Waals surface area (Å²) >= 11 is 0. The highest BCUT2D eigenvalue weighted by molar-refractivity contribution is 5.50. The van der Waals surface area contributed by atoms with Crippen LogP contribution < -0.4 is 0 Å². The standard InChI is InChI=1S/C19H15FN4O/c20-15-7-6-14(11-15)19-23-18(24-25-19)17-9-5-13(12-22-17)4-8-16-3-1-2-10-21-16/h1-3,5,9-10,12,14-15H,6-7,11H2/t14-,15-/m1/s1. The van der Waals surface area contributed by atoms with Gasteiger partial charge in [-0.2, -0.15) is 4.98 Å². The van der Waals surface area contributed by atoms with E-state index in [2.05, 4.69) is 31.9 Å². The highest BCUT2D eigenvalue weighted by Crippen LogP contribution is 2.35. The summed E-state index contributed by atoms with van der Waals surface area (Å²) in [6.45, 7) is 0. The van der Waals surface area contributed by atoms with Gasteiger partial charge in [0.1, 0.15) is 17.6 Å². The number of pyridine rings is 2. The number of nitrogens with zero attached hydrogens (tertiary/aromatic N) is 4. The van der Waals surface area contributed by atoms with E-state index in [1.807, 2.05) is 24.3 Å². The largest absolute Gasteiger partial charge is 0.339 e. The molecule has 1 saturated carbocycles. The van der Waals surface area contributed by atoms with E-state index in [1.165, 1.54) is 0 Å². The fraction of sp³-hybridized carbons (Fsp3) is 0.263. The minimum Gasteiger partial charge on any atom is -0.339 e. The number of aromatic nitrogens is 4. The zero-order valence-electron chi connectivity index (χ0n) is 13.4. The fourth-order valence-corrected chi connectivity index (χ4v) is 2.83. The highest BCUT2D eigenvalue weighted by atomic mass is 19.1. The predicted octanol–water partition coefficient (Wildman–Crippen LogP) is 3.53.